The van der Waals surface area contributed by atoms with Crippen molar-refractivity contribution in [3.63, 3.8) is 0 Å². The zero-order valence-electron chi connectivity index (χ0n) is 13.2. The monoisotopic (exact) mass is 275 g/mol. The van der Waals surface area contributed by atoms with Crippen LogP contribution >= 0.6 is 0 Å². The van der Waals surface area contributed by atoms with Crippen LogP contribution in [0.15, 0.2) is 18.2 Å². The Morgan fingerprint density at radius 2 is 1.95 bits per heavy atom. The topological polar surface area (TPSA) is 35.2 Å². The smallest absolute Gasteiger partial charge is 0.0663 e. The molecule has 0 bridgehead atoms. The fraction of sp³-hybridized carbons (Fsp3) is 0.667. The van der Waals surface area contributed by atoms with Gasteiger partial charge in [-0.3, -0.25) is 0 Å². The van der Waals surface area contributed by atoms with E-state index in [4.69, 9.17) is 10.5 Å². The van der Waals surface area contributed by atoms with Gasteiger partial charge in [0, 0.05) is 0 Å². The first-order valence-corrected chi connectivity index (χ1v) is 8.06. The van der Waals surface area contributed by atoms with Crippen LogP contribution in [-0.4, -0.2) is 12.7 Å². The second kappa shape index (κ2) is 7.24. The third-order valence-corrected chi connectivity index (χ3v) is 4.81. The zero-order chi connectivity index (χ0) is 14.5. The van der Waals surface area contributed by atoms with Crippen molar-refractivity contribution >= 4 is 0 Å². The molecule has 20 heavy (non-hydrogen) atoms. The molecular weight excluding hydrogens is 246 g/mol. The van der Waals surface area contributed by atoms with Crippen molar-refractivity contribution in [1.82, 2.24) is 0 Å². The molecule has 0 spiro atoms. The van der Waals surface area contributed by atoms with E-state index in [0.717, 1.165) is 5.92 Å². The van der Waals surface area contributed by atoms with E-state index in [2.05, 4.69) is 39.0 Å². The van der Waals surface area contributed by atoms with E-state index in [-0.39, 0.29) is 6.04 Å². The summed E-state index contributed by atoms with van der Waals surface area (Å²) in [5, 5.41) is 0. The van der Waals surface area contributed by atoms with Crippen LogP contribution in [0, 0.1) is 19.8 Å². The highest BCUT2D eigenvalue weighted by molar-refractivity contribution is 5.31. The number of benzene rings is 1. The molecule has 0 aliphatic heterocycles. The highest BCUT2D eigenvalue weighted by Gasteiger charge is 2.24. The Bertz CT molecular complexity index is 429. The van der Waals surface area contributed by atoms with Crippen molar-refractivity contribution in [3.05, 3.63) is 34.9 Å². The molecule has 1 aromatic rings. The molecule has 2 heteroatoms. The van der Waals surface area contributed by atoms with Gasteiger partial charge in [-0.15, -0.1) is 0 Å². The van der Waals surface area contributed by atoms with Crippen LogP contribution in [0.3, 0.4) is 0 Å². The van der Waals surface area contributed by atoms with Gasteiger partial charge in [0.25, 0.3) is 0 Å². The lowest BCUT2D eigenvalue weighted by Gasteiger charge is -2.31. The maximum atomic E-state index is 6.29. The average molecular weight is 275 g/mol. The summed E-state index contributed by atoms with van der Waals surface area (Å²) in [6, 6.07) is 6.48. The van der Waals surface area contributed by atoms with Gasteiger partial charge in [0.1, 0.15) is 0 Å². The van der Waals surface area contributed by atoms with Crippen LogP contribution in [0.2, 0.25) is 0 Å². The first-order valence-electron chi connectivity index (χ1n) is 8.06. The fourth-order valence-electron chi connectivity index (χ4n) is 3.18. The summed E-state index contributed by atoms with van der Waals surface area (Å²) in [6.07, 6.45) is 6.84. The minimum atomic E-state index is -0.00580. The van der Waals surface area contributed by atoms with Gasteiger partial charge in [-0.25, -0.2) is 0 Å². The second-order valence-electron chi connectivity index (χ2n) is 6.27. The molecule has 1 fully saturated rings. The molecule has 1 saturated carbocycles. The largest absolute Gasteiger partial charge is 0.376 e. The first-order chi connectivity index (χ1) is 9.61. The summed E-state index contributed by atoms with van der Waals surface area (Å²) in [4.78, 5) is 0. The summed E-state index contributed by atoms with van der Waals surface area (Å²) in [6.45, 7) is 7.19. The molecule has 3 atom stereocenters. The third kappa shape index (κ3) is 3.83. The number of hydrogen-bond acceptors (Lipinski definition) is 2. The van der Waals surface area contributed by atoms with Gasteiger partial charge in [0.15, 0.2) is 0 Å². The minimum Gasteiger partial charge on any atom is -0.376 e. The van der Waals surface area contributed by atoms with E-state index >= 15 is 0 Å². The predicted octanol–water partition coefficient (Wildman–Crippen LogP) is 4.29. The Balaban J connectivity index is 1.90. The van der Waals surface area contributed by atoms with Crippen LogP contribution in [0.1, 0.15) is 61.8 Å². The lowest BCUT2D eigenvalue weighted by Crippen LogP contribution is -2.30. The summed E-state index contributed by atoms with van der Waals surface area (Å²) < 4.78 is 6.15. The number of aryl methyl sites for hydroxylation is 2. The van der Waals surface area contributed by atoms with Gasteiger partial charge in [-0.1, -0.05) is 44.4 Å². The van der Waals surface area contributed by atoms with Crippen LogP contribution in [-0.2, 0) is 4.74 Å². The van der Waals surface area contributed by atoms with E-state index in [0.29, 0.717) is 12.7 Å². The number of nitrogens with two attached hydrogens (primary N) is 1. The molecule has 2 nitrogen and oxygen atoms in total. The summed E-state index contributed by atoms with van der Waals surface area (Å²) in [5.41, 5.74) is 10.1. The van der Waals surface area contributed by atoms with Crippen molar-refractivity contribution in [2.45, 2.75) is 65.0 Å². The summed E-state index contributed by atoms with van der Waals surface area (Å²) in [5.74, 6) is 0.732. The normalized spacial score (nSPS) is 24.6. The minimum absolute atomic E-state index is 0.00580. The Morgan fingerprint density at radius 1 is 1.20 bits per heavy atom. The van der Waals surface area contributed by atoms with Crippen molar-refractivity contribution in [2.24, 2.45) is 11.7 Å². The maximum absolute atomic E-state index is 6.29. The molecule has 2 rings (SSSR count). The molecule has 1 aliphatic carbocycles. The Hall–Kier alpha value is -0.860. The maximum Gasteiger partial charge on any atom is 0.0663 e. The van der Waals surface area contributed by atoms with Crippen molar-refractivity contribution in [1.29, 1.82) is 0 Å². The molecular formula is C18H29NO. The lowest BCUT2D eigenvalue weighted by molar-refractivity contribution is -0.0180. The fourth-order valence-corrected chi connectivity index (χ4v) is 3.18. The SMILES string of the molecule is CCC1CCCCC1OCC(N)c1ccc(C)c(C)c1. The van der Waals surface area contributed by atoms with Crippen LogP contribution < -0.4 is 5.73 Å². The first kappa shape index (κ1) is 15.5. The quantitative estimate of drug-likeness (QED) is 0.870. The van der Waals surface area contributed by atoms with Crippen LogP contribution in [0.5, 0.6) is 0 Å². The number of ether oxygens (including phenoxy) is 1. The molecule has 1 aliphatic rings. The van der Waals surface area contributed by atoms with E-state index in [1.54, 1.807) is 0 Å². The Kier molecular flexibility index (Phi) is 5.62. The summed E-state index contributed by atoms with van der Waals surface area (Å²) >= 11 is 0. The van der Waals surface area contributed by atoms with Gasteiger partial charge in [-0.2, -0.15) is 0 Å². The zero-order valence-corrected chi connectivity index (χ0v) is 13.2. The Labute approximate surface area is 123 Å². The van der Waals surface area contributed by atoms with Gasteiger partial charge < -0.3 is 10.5 Å². The molecule has 0 radical (unpaired) electrons. The molecule has 0 aromatic heterocycles. The number of hydrogen-bond donors (Lipinski definition) is 1. The van der Waals surface area contributed by atoms with Gasteiger partial charge >= 0.3 is 0 Å². The highest BCUT2D eigenvalue weighted by atomic mass is 16.5. The van der Waals surface area contributed by atoms with Crippen LogP contribution in [0.4, 0.5) is 0 Å². The predicted molar refractivity (Wildman–Crippen MR) is 84.8 cm³/mol. The molecule has 1 aromatic carbocycles. The van der Waals surface area contributed by atoms with E-state index in [1.807, 2.05) is 0 Å². The van der Waals surface area contributed by atoms with E-state index in [1.165, 1.54) is 48.8 Å². The van der Waals surface area contributed by atoms with E-state index < -0.39 is 0 Å². The average Bonchev–Trinajstić information content (AvgIpc) is 2.47. The lowest BCUT2D eigenvalue weighted by atomic mass is 9.85. The second-order valence-corrected chi connectivity index (χ2v) is 6.27. The van der Waals surface area contributed by atoms with E-state index in [9.17, 15) is 0 Å². The molecule has 3 unspecified atom stereocenters. The number of rotatable bonds is 5. The van der Waals surface area contributed by atoms with Crippen molar-refractivity contribution < 1.29 is 4.74 Å². The molecule has 112 valence electrons. The van der Waals surface area contributed by atoms with Crippen molar-refractivity contribution in [3.8, 4) is 0 Å². The van der Waals surface area contributed by atoms with Crippen molar-refractivity contribution in [2.75, 3.05) is 6.61 Å². The molecule has 0 heterocycles. The highest BCUT2D eigenvalue weighted by Crippen LogP contribution is 2.29. The van der Waals surface area contributed by atoms with Gasteiger partial charge in [0.05, 0.1) is 18.8 Å². The molecule has 0 saturated heterocycles. The molecule has 0 amide bonds. The van der Waals surface area contributed by atoms with Crippen LogP contribution in [0.25, 0.3) is 0 Å². The Morgan fingerprint density at radius 3 is 2.65 bits per heavy atom. The third-order valence-electron chi connectivity index (χ3n) is 4.81. The summed E-state index contributed by atoms with van der Waals surface area (Å²) in [7, 11) is 0. The van der Waals surface area contributed by atoms with Gasteiger partial charge in [-0.05, 0) is 49.3 Å². The standard InChI is InChI=1S/C18H29NO/c1-4-15-7-5-6-8-18(15)20-12-17(19)16-10-9-13(2)14(3)11-16/h9-11,15,17-18H,4-8,12,19H2,1-3H3. The van der Waals surface area contributed by atoms with Gasteiger partial charge in [0.2, 0.25) is 0 Å². The molecule has 2 N–H and O–H groups in total.